The Morgan fingerprint density at radius 3 is 1.97 bits per heavy atom. The topological polar surface area (TPSA) is 79.9 Å². The lowest BCUT2D eigenvalue weighted by Gasteiger charge is -2.26. The summed E-state index contributed by atoms with van der Waals surface area (Å²) in [7, 11) is 0. The van der Waals surface area contributed by atoms with Crippen molar-refractivity contribution in [2.75, 3.05) is 22.1 Å². The average Bonchev–Trinajstić information content (AvgIpc) is 2.69. The first-order valence-corrected chi connectivity index (χ1v) is 10.9. The average molecular weight is 488 g/mol. The minimum atomic E-state index is -0.914. The molecule has 2 N–H and O–H groups in total. The normalized spacial score (nSPS) is 11.3. The number of nitrogens with zero attached hydrogens (tertiary/aromatic N) is 1. The first-order chi connectivity index (χ1) is 16.2. The van der Waals surface area contributed by atoms with E-state index in [-0.39, 0.29) is 30.2 Å². The maximum Gasteiger partial charge on any atom is 0.412 e. The number of ether oxygens (including phenoxy) is 2. The Bertz CT molecular complexity index is 1100. The van der Waals surface area contributed by atoms with Gasteiger partial charge >= 0.3 is 12.2 Å². The standard InChI is InChI=1S/C26H31F2N3O4/c1-8-15-31(16-17-9-11-18(27)12-10-17)20-14-13-19(29-23(32)34-25(2,3)4)22(21(20)28)30-24(33)35-26(5,6)7/h1,9-14H,15-16H2,2-7H3,(H,29,32)(H,30,33). The van der Waals surface area contributed by atoms with Crippen LogP contribution in [-0.2, 0) is 16.0 Å². The molecular formula is C26H31F2N3O4. The number of amides is 2. The van der Waals surface area contributed by atoms with E-state index in [1.165, 1.54) is 24.3 Å². The number of nitrogens with one attached hydrogen (secondary N) is 2. The molecule has 0 aliphatic carbocycles. The molecule has 0 aromatic heterocycles. The van der Waals surface area contributed by atoms with Crippen molar-refractivity contribution in [2.45, 2.75) is 59.3 Å². The van der Waals surface area contributed by atoms with E-state index in [4.69, 9.17) is 15.9 Å². The van der Waals surface area contributed by atoms with Gasteiger partial charge in [-0.05, 0) is 71.4 Å². The minimum Gasteiger partial charge on any atom is -0.444 e. The number of carbonyl (C=O) groups is 2. The fourth-order valence-electron chi connectivity index (χ4n) is 3.00. The Balaban J connectivity index is 2.47. The highest BCUT2D eigenvalue weighted by Crippen LogP contribution is 2.34. The van der Waals surface area contributed by atoms with E-state index >= 15 is 4.39 Å². The molecule has 9 heteroatoms. The summed E-state index contributed by atoms with van der Waals surface area (Å²) >= 11 is 0. The lowest BCUT2D eigenvalue weighted by molar-refractivity contribution is 0.0620. The summed E-state index contributed by atoms with van der Waals surface area (Å²) in [6.07, 6.45) is 3.76. The summed E-state index contributed by atoms with van der Waals surface area (Å²) in [5, 5.41) is 4.84. The van der Waals surface area contributed by atoms with Crippen LogP contribution in [0.4, 0.5) is 35.4 Å². The molecule has 0 saturated heterocycles. The van der Waals surface area contributed by atoms with Crippen LogP contribution in [0.1, 0.15) is 47.1 Å². The third-order valence-corrected chi connectivity index (χ3v) is 4.29. The molecule has 2 amide bonds. The summed E-state index contributed by atoms with van der Waals surface area (Å²) in [5.74, 6) is 1.23. The molecule has 0 heterocycles. The second kappa shape index (κ2) is 11.1. The smallest absolute Gasteiger partial charge is 0.412 e. The van der Waals surface area contributed by atoms with Crippen LogP contribution >= 0.6 is 0 Å². The van der Waals surface area contributed by atoms with E-state index in [0.29, 0.717) is 5.56 Å². The number of anilines is 3. The Hall–Kier alpha value is -3.80. The summed E-state index contributed by atoms with van der Waals surface area (Å²) in [6, 6.07) is 8.56. The molecule has 0 bridgehead atoms. The first kappa shape index (κ1) is 27.4. The van der Waals surface area contributed by atoms with E-state index in [2.05, 4.69) is 16.6 Å². The third kappa shape index (κ3) is 8.81. The molecule has 2 aromatic rings. The van der Waals surface area contributed by atoms with E-state index in [9.17, 15) is 14.0 Å². The predicted octanol–water partition coefficient (Wildman–Crippen LogP) is 6.30. The zero-order chi connectivity index (χ0) is 26.4. The quantitative estimate of drug-likeness (QED) is 0.468. The number of carbonyl (C=O) groups excluding carboxylic acids is 2. The largest absolute Gasteiger partial charge is 0.444 e. The van der Waals surface area contributed by atoms with Crippen LogP contribution in [0.2, 0.25) is 0 Å². The van der Waals surface area contributed by atoms with Crippen molar-refractivity contribution in [3.05, 3.63) is 53.6 Å². The summed E-state index contributed by atoms with van der Waals surface area (Å²) in [5.41, 5.74) is -1.22. The molecule has 0 radical (unpaired) electrons. The van der Waals surface area contributed by atoms with Crippen LogP contribution in [0.25, 0.3) is 0 Å². The van der Waals surface area contributed by atoms with Gasteiger partial charge in [0.25, 0.3) is 0 Å². The monoisotopic (exact) mass is 487 g/mol. The lowest BCUT2D eigenvalue weighted by Crippen LogP contribution is -2.30. The van der Waals surface area contributed by atoms with E-state index < -0.39 is 35.0 Å². The van der Waals surface area contributed by atoms with Crippen LogP contribution in [0.5, 0.6) is 0 Å². The zero-order valence-corrected chi connectivity index (χ0v) is 20.8. The van der Waals surface area contributed by atoms with Gasteiger partial charge in [0.15, 0.2) is 5.82 Å². The zero-order valence-electron chi connectivity index (χ0n) is 20.8. The third-order valence-electron chi connectivity index (χ3n) is 4.29. The van der Waals surface area contributed by atoms with Crippen molar-refractivity contribution in [3.63, 3.8) is 0 Å². The summed E-state index contributed by atoms with van der Waals surface area (Å²) in [4.78, 5) is 26.3. The minimum absolute atomic E-state index is 0.0268. The Kier molecular flexibility index (Phi) is 8.69. The maximum atomic E-state index is 15.8. The van der Waals surface area contributed by atoms with Gasteiger partial charge in [0.2, 0.25) is 0 Å². The summed E-state index contributed by atoms with van der Waals surface area (Å²) < 4.78 is 39.6. The van der Waals surface area contributed by atoms with E-state index in [1.54, 1.807) is 58.6 Å². The predicted molar refractivity (Wildman–Crippen MR) is 132 cm³/mol. The van der Waals surface area contributed by atoms with Gasteiger partial charge in [0.1, 0.15) is 22.7 Å². The van der Waals surface area contributed by atoms with Crippen LogP contribution in [0.3, 0.4) is 0 Å². The molecule has 0 aliphatic heterocycles. The van der Waals surface area contributed by atoms with Crippen LogP contribution in [0.15, 0.2) is 36.4 Å². The molecule has 0 spiro atoms. The highest BCUT2D eigenvalue weighted by Gasteiger charge is 2.25. The molecule has 188 valence electrons. The molecule has 2 aromatic carbocycles. The highest BCUT2D eigenvalue weighted by molar-refractivity contribution is 5.96. The van der Waals surface area contributed by atoms with E-state index in [0.717, 1.165) is 0 Å². The van der Waals surface area contributed by atoms with Crippen molar-refractivity contribution >= 4 is 29.2 Å². The van der Waals surface area contributed by atoms with Crippen LogP contribution < -0.4 is 15.5 Å². The molecule has 0 aliphatic rings. The van der Waals surface area contributed by atoms with E-state index in [1.807, 2.05) is 0 Å². The maximum absolute atomic E-state index is 15.8. The van der Waals surface area contributed by atoms with Gasteiger partial charge in [0, 0.05) is 6.54 Å². The highest BCUT2D eigenvalue weighted by atomic mass is 19.1. The van der Waals surface area contributed by atoms with Gasteiger partial charge in [-0.2, -0.15) is 0 Å². The molecule has 2 rings (SSSR count). The Labute approximate surface area is 204 Å². The molecule has 35 heavy (non-hydrogen) atoms. The second-order valence-corrected chi connectivity index (χ2v) is 9.76. The van der Waals surface area contributed by atoms with Crippen molar-refractivity contribution in [1.82, 2.24) is 0 Å². The van der Waals surface area contributed by atoms with Crippen molar-refractivity contribution in [3.8, 4) is 12.3 Å². The number of hydrogen-bond donors (Lipinski definition) is 2. The van der Waals surface area contributed by atoms with Crippen molar-refractivity contribution in [2.24, 2.45) is 0 Å². The Morgan fingerprint density at radius 1 is 0.914 bits per heavy atom. The van der Waals surface area contributed by atoms with Gasteiger partial charge in [0.05, 0.1) is 17.9 Å². The number of rotatable bonds is 6. The van der Waals surface area contributed by atoms with Crippen molar-refractivity contribution < 1.29 is 27.8 Å². The Morgan fingerprint density at radius 2 is 1.46 bits per heavy atom. The second-order valence-electron chi connectivity index (χ2n) is 9.76. The summed E-state index contributed by atoms with van der Waals surface area (Å²) in [6.45, 7) is 10.2. The number of benzene rings is 2. The lowest BCUT2D eigenvalue weighted by atomic mass is 10.1. The SMILES string of the molecule is C#CCN(Cc1ccc(F)cc1)c1ccc(NC(=O)OC(C)(C)C)c(NC(=O)OC(C)(C)C)c1F. The van der Waals surface area contributed by atoms with Gasteiger partial charge in [-0.15, -0.1) is 6.42 Å². The van der Waals surface area contributed by atoms with Gasteiger partial charge in [-0.3, -0.25) is 10.6 Å². The number of terminal acetylenes is 1. The van der Waals surface area contributed by atoms with Gasteiger partial charge in [-0.1, -0.05) is 18.1 Å². The fourth-order valence-corrected chi connectivity index (χ4v) is 3.00. The fraction of sp³-hybridized carbons (Fsp3) is 0.385. The number of hydrogen-bond acceptors (Lipinski definition) is 5. The van der Waals surface area contributed by atoms with Crippen LogP contribution in [0, 0.1) is 24.0 Å². The number of halogens is 2. The molecule has 0 saturated carbocycles. The van der Waals surface area contributed by atoms with Gasteiger partial charge in [-0.25, -0.2) is 18.4 Å². The molecule has 0 atom stereocenters. The molecule has 0 fully saturated rings. The van der Waals surface area contributed by atoms with Crippen LogP contribution in [-0.4, -0.2) is 29.9 Å². The van der Waals surface area contributed by atoms with Gasteiger partial charge < -0.3 is 14.4 Å². The van der Waals surface area contributed by atoms with Crippen molar-refractivity contribution in [1.29, 1.82) is 0 Å². The molecule has 7 nitrogen and oxygen atoms in total. The molecular weight excluding hydrogens is 456 g/mol. The molecule has 0 unspecified atom stereocenters. The first-order valence-electron chi connectivity index (χ1n) is 10.9.